The van der Waals surface area contributed by atoms with Gasteiger partial charge in [-0.05, 0) is 213 Å². The van der Waals surface area contributed by atoms with E-state index in [-0.39, 0.29) is 0 Å². The van der Waals surface area contributed by atoms with Crippen molar-refractivity contribution in [2.45, 2.75) is 0 Å². The first-order valence-electron chi connectivity index (χ1n) is 42.3. The lowest BCUT2D eigenvalue weighted by atomic mass is 9.94. The second-order valence-electron chi connectivity index (χ2n) is 31.4. The molecule has 0 bridgehead atoms. The smallest absolute Gasteiger partial charge is 0.143 e. The van der Waals surface area contributed by atoms with Crippen molar-refractivity contribution in [3.8, 4) is 134 Å². The fraction of sp³-hybridized carbons (Fsp3) is 0. The molecular formula is C120H82N2O2. The Morgan fingerprint density at radius 2 is 0.298 bits per heavy atom. The molecule has 0 atom stereocenters. The molecule has 124 heavy (non-hydrogen) atoms. The number of hydrogen-bond acceptors (Lipinski definition) is 4. The molecule has 0 aliphatic carbocycles. The Morgan fingerprint density at radius 3 is 0.605 bits per heavy atom. The van der Waals surface area contributed by atoms with Gasteiger partial charge in [0.05, 0.1) is 0 Å². The van der Waals surface area contributed by atoms with Crippen LogP contribution in [-0.4, -0.2) is 0 Å². The molecule has 4 nitrogen and oxygen atoms in total. The van der Waals surface area contributed by atoms with E-state index in [4.69, 9.17) is 8.83 Å². The first-order chi connectivity index (χ1) is 61.5. The van der Waals surface area contributed by atoms with Crippen LogP contribution in [0.2, 0.25) is 0 Å². The standard InChI is InChI=1S/2C60H41NO/c1-3-14-44(15-4-1)52-18-7-9-20-54(52)46-32-38-50(39-33-46)61(51-40-34-47(35-41-51)55-21-10-8-19-53(55)45-16-5-2-6-17-45)49-36-30-43(31-37-49)42-26-28-48(29-27-42)56-23-13-24-58-57-22-11-12-25-59(57)62-60(56)58;1-3-11-42(12-4-1)44-21-23-45(24-22-44)47-29-35-53(36-30-47)61(55-39-33-49(34-40-55)52-16-9-15-51(41-52)43-13-5-2-6-14-43)54-37-31-48(32-38-54)46-25-27-50(28-26-46)56-18-10-19-58-57-17-7-8-20-59(57)62-60(56)58/h2*1-41H. The highest BCUT2D eigenvalue weighted by Gasteiger charge is 2.21. The maximum Gasteiger partial charge on any atom is 0.143 e. The summed E-state index contributed by atoms with van der Waals surface area (Å²) in [6.07, 6.45) is 0. The molecule has 0 saturated carbocycles. The van der Waals surface area contributed by atoms with E-state index in [1.807, 2.05) is 24.3 Å². The third-order valence-corrected chi connectivity index (χ3v) is 23.9. The Morgan fingerprint density at radius 1 is 0.121 bits per heavy atom. The van der Waals surface area contributed by atoms with Crippen molar-refractivity contribution in [1.82, 2.24) is 0 Å². The van der Waals surface area contributed by atoms with Crippen molar-refractivity contribution in [1.29, 1.82) is 0 Å². The predicted molar refractivity (Wildman–Crippen MR) is 522 cm³/mol. The molecule has 22 aromatic rings. The number of anilines is 6. The first kappa shape index (κ1) is 75.1. The lowest BCUT2D eigenvalue weighted by Crippen LogP contribution is -2.09. The fourth-order valence-electron chi connectivity index (χ4n) is 17.5. The molecule has 4 heteroatoms. The third kappa shape index (κ3) is 15.2. The van der Waals surface area contributed by atoms with E-state index in [1.54, 1.807) is 0 Å². The first-order valence-corrected chi connectivity index (χ1v) is 42.3. The fourth-order valence-corrected chi connectivity index (χ4v) is 17.5. The zero-order valence-corrected chi connectivity index (χ0v) is 68.1. The lowest BCUT2D eigenvalue weighted by Gasteiger charge is -2.26. The minimum Gasteiger partial charge on any atom is -0.455 e. The van der Waals surface area contributed by atoms with Crippen molar-refractivity contribution < 1.29 is 8.83 Å². The van der Waals surface area contributed by atoms with Crippen LogP contribution in [0.15, 0.2) is 506 Å². The van der Waals surface area contributed by atoms with E-state index in [0.717, 1.165) is 123 Å². The number of benzene rings is 20. The normalized spacial score (nSPS) is 11.2. The van der Waals surface area contributed by atoms with Gasteiger partial charge in [-0.2, -0.15) is 0 Å². The molecule has 0 saturated heterocycles. The van der Waals surface area contributed by atoms with E-state index in [9.17, 15) is 0 Å². The van der Waals surface area contributed by atoms with Crippen LogP contribution in [-0.2, 0) is 0 Å². The monoisotopic (exact) mass is 1580 g/mol. The number of fused-ring (bicyclic) bond motifs is 6. The van der Waals surface area contributed by atoms with Crippen LogP contribution in [0.1, 0.15) is 0 Å². The summed E-state index contributed by atoms with van der Waals surface area (Å²) in [6.45, 7) is 0. The van der Waals surface area contributed by atoms with E-state index < -0.39 is 0 Å². The molecule has 0 aliphatic heterocycles. The number of furan rings is 2. The molecule has 0 unspecified atom stereocenters. The van der Waals surface area contributed by atoms with Gasteiger partial charge in [-0.15, -0.1) is 0 Å². The molecule has 0 spiro atoms. The highest BCUT2D eigenvalue weighted by Crippen LogP contribution is 2.45. The molecule has 0 amide bonds. The second-order valence-corrected chi connectivity index (χ2v) is 31.4. The van der Waals surface area contributed by atoms with Crippen LogP contribution in [0.3, 0.4) is 0 Å². The molecule has 20 aromatic carbocycles. The van der Waals surface area contributed by atoms with Gasteiger partial charge in [0, 0.05) is 66.8 Å². The minimum atomic E-state index is 0.911. The molecule has 2 heterocycles. The van der Waals surface area contributed by atoms with Crippen LogP contribution < -0.4 is 9.80 Å². The van der Waals surface area contributed by atoms with Crippen LogP contribution in [0.25, 0.3) is 177 Å². The Labute approximate surface area is 722 Å². The molecular weight excluding hydrogens is 1500 g/mol. The number of nitrogens with zero attached hydrogens (tertiary/aromatic N) is 2. The molecule has 0 aliphatic rings. The molecule has 0 radical (unpaired) electrons. The van der Waals surface area contributed by atoms with E-state index >= 15 is 0 Å². The summed E-state index contributed by atoms with van der Waals surface area (Å²) in [5, 5.41) is 4.56. The Bertz CT molecular complexity index is 7350. The quantitative estimate of drug-likeness (QED) is 0.0857. The van der Waals surface area contributed by atoms with Gasteiger partial charge in [-0.1, -0.05) is 406 Å². The third-order valence-electron chi connectivity index (χ3n) is 23.9. The summed E-state index contributed by atoms with van der Waals surface area (Å²) in [4.78, 5) is 4.69. The van der Waals surface area contributed by atoms with Crippen molar-refractivity contribution in [3.63, 3.8) is 0 Å². The lowest BCUT2D eigenvalue weighted by molar-refractivity contribution is 0.669. The van der Waals surface area contributed by atoms with Gasteiger partial charge < -0.3 is 18.6 Å². The highest BCUT2D eigenvalue weighted by atomic mass is 16.3. The van der Waals surface area contributed by atoms with Gasteiger partial charge in [-0.3, -0.25) is 0 Å². The summed E-state index contributed by atoms with van der Waals surface area (Å²) in [7, 11) is 0. The Hall–Kier alpha value is -16.4. The summed E-state index contributed by atoms with van der Waals surface area (Å²) >= 11 is 0. The zero-order chi connectivity index (χ0) is 82.5. The summed E-state index contributed by atoms with van der Waals surface area (Å²) in [5.74, 6) is 0. The van der Waals surface area contributed by atoms with Crippen LogP contribution in [0.5, 0.6) is 0 Å². The minimum absolute atomic E-state index is 0.911. The maximum absolute atomic E-state index is 6.36. The van der Waals surface area contributed by atoms with E-state index in [0.29, 0.717) is 0 Å². The molecule has 22 rings (SSSR count). The van der Waals surface area contributed by atoms with Gasteiger partial charge in [0.2, 0.25) is 0 Å². The maximum atomic E-state index is 6.36. The van der Waals surface area contributed by atoms with Gasteiger partial charge in [0.1, 0.15) is 22.3 Å². The SMILES string of the molecule is c1ccc(-c2ccc(-c3ccc(N(c4ccc(-c5ccc(-c6cccc7c6oc6ccccc67)cc5)cc4)c4ccc(-c5cccc(-c6ccccc6)c5)cc4)cc3)cc2)cc1.c1ccc(-c2ccccc2-c2ccc(N(c3ccc(-c4ccc(-c5cccc6c5oc5ccccc56)cc4)cc3)c3ccc(-c4ccccc4-c4ccccc4)cc3)cc2)cc1. The van der Waals surface area contributed by atoms with Crippen molar-refractivity contribution in [2.24, 2.45) is 0 Å². The van der Waals surface area contributed by atoms with Gasteiger partial charge in [0.15, 0.2) is 0 Å². The summed E-state index contributed by atoms with van der Waals surface area (Å²) in [5.41, 5.74) is 38.5. The predicted octanol–water partition coefficient (Wildman–Crippen LogP) is 34.1. The van der Waals surface area contributed by atoms with Crippen molar-refractivity contribution in [2.75, 3.05) is 9.80 Å². The van der Waals surface area contributed by atoms with Crippen molar-refractivity contribution >= 4 is 78.0 Å². The topological polar surface area (TPSA) is 32.8 Å². The van der Waals surface area contributed by atoms with Gasteiger partial charge in [-0.25, -0.2) is 0 Å². The van der Waals surface area contributed by atoms with E-state index in [2.05, 4.69) is 483 Å². The van der Waals surface area contributed by atoms with E-state index in [1.165, 1.54) is 89.0 Å². The van der Waals surface area contributed by atoms with Crippen LogP contribution in [0.4, 0.5) is 34.1 Å². The average Bonchev–Trinajstić information content (AvgIpc) is 1.66. The highest BCUT2D eigenvalue weighted by molar-refractivity contribution is 6.11. The molecule has 0 N–H and O–H groups in total. The largest absolute Gasteiger partial charge is 0.455 e. The number of para-hydroxylation sites is 4. The number of hydrogen-bond donors (Lipinski definition) is 0. The molecule has 584 valence electrons. The number of rotatable bonds is 18. The summed E-state index contributed by atoms with van der Waals surface area (Å²) < 4.78 is 12.7. The average molecular weight is 1580 g/mol. The summed E-state index contributed by atoms with van der Waals surface area (Å²) in [6, 6.07) is 178. The second kappa shape index (κ2) is 33.8. The molecule has 2 aromatic heterocycles. The zero-order valence-electron chi connectivity index (χ0n) is 68.1. The van der Waals surface area contributed by atoms with Crippen molar-refractivity contribution in [3.05, 3.63) is 497 Å². The van der Waals surface area contributed by atoms with Crippen LogP contribution >= 0.6 is 0 Å². The molecule has 0 fully saturated rings. The van der Waals surface area contributed by atoms with Crippen LogP contribution in [0, 0.1) is 0 Å². The Balaban J connectivity index is 0.000000152. The van der Waals surface area contributed by atoms with Gasteiger partial charge >= 0.3 is 0 Å². The van der Waals surface area contributed by atoms with Gasteiger partial charge in [0.25, 0.3) is 0 Å². The Kier molecular flexibility index (Phi) is 20.5.